The Morgan fingerprint density at radius 2 is 0.817 bits per heavy atom. The molecule has 0 atom stereocenters. The molecule has 0 bridgehead atoms. The number of para-hydroxylation sites is 4. The molecule has 4 aliphatic rings. The molecule has 278 valence electrons. The minimum Gasteiger partial charge on any atom is -0.311 e. The molecule has 6 aromatic carbocycles. The van der Waals surface area contributed by atoms with E-state index < -0.39 is 0 Å². The van der Waals surface area contributed by atoms with Gasteiger partial charge in [-0.2, -0.15) is 0 Å². The van der Waals surface area contributed by atoms with Gasteiger partial charge in [-0.15, -0.1) is 0 Å². The maximum atomic E-state index is 5.19. The molecular weight excluding hydrogens is 732 g/mol. The molecule has 60 heavy (non-hydrogen) atoms. The number of aromatic nitrogens is 3. The summed E-state index contributed by atoms with van der Waals surface area (Å²) in [7, 11) is 0. The third kappa shape index (κ3) is 4.60. The monoisotopic (exact) mass is 765 g/mol. The minimum absolute atomic E-state index is 0.0853. The number of anilines is 12. The Kier molecular flexibility index (Phi) is 7.06. The highest BCUT2D eigenvalue weighted by molar-refractivity contribution is 7.03. The summed E-state index contributed by atoms with van der Waals surface area (Å²) in [5.41, 5.74) is 18.4. The summed E-state index contributed by atoms with van der Waals surface area (Å²) in [6, 6.07) is 63.2. The Bertz CT molecular complexity index is 2940. The highest BCUT2D eigenvalue weighted by atomic mass is 15.3. The van der Waals surface area contributed by atoms with E-state index in [4.69, 9.17) is 15.0 Å². The molecule has 9 heteroatoms. The molecular formula is C51H33B2N7. The first kappa shape index (κ1) is 33.1. The molecule has 0 saturated carbocycles. The average molecular weight is 765 g/mol. The third-order valence-electron chi connectivity index (χ3n) is 12.6. The zero-order valence-corrected chi connectivity index (χ0v) is 32.3. The second-order valence-electron chi connectivity index (χ2n) is 15.6. The zero-order chi connectivity index (χ0) is 39.3. The molecule has 0 radical (unpaired) electrons. The lowest BCUT2D eigenvalue weighted by Crippen LogP contribution is -2.65. The molecule has 7 nitrogen and oxygen atoms in total. The van der Waals surface area contributed by atoms with Crippen LogP contribution in [0.5, 0.6) is 0 Å². The van der Waals surface area contributed by atoms with Crippen LogP contribution in [-0.2, 0) is 0 Å². The van der Waals surface area contributed by atoms with Gasteiger partial charge in [-0.3, -0.25) is 9.88 Å². The second kappa shape index (κ2) is 12.8. The van der Waals surface area contributed by atoms with Crippen molar-refractivity contribution in [3.63, 3.8) is 0 Å². The number of nitrogens with zero attached hydrogens (tertiary/aromatic N) is 7. The first-order valence-corrected chi connectivity index (χ1v) is 20.4. The summed E-state index contributed by atoms with van der Waals surface area (Å²) in [4.78, 5) is 24.7. The fraction of sp³-hybridized carbons (Fsp3) is 0. The molecule has 4 aliphatic heterocycles. The van der Waals surface area contributed by atoms with E-state index in [2.05, 4.69) is 202 Å². The van der Waals surface area contributed by atoms with Crippen molar-refractivity contribution < 1.29 is 0 Å². The van der Waals surface area contributed by atoms with Gasteiger partial charge in [0, 0.05) is 81.7 Å². The van der Waals surface area contributed by atoms with Crippen molar-refractivity contribution in [2.24, 2.45) is 0 Å². The van der Waals surface area contributed by atoms with Crippen molar-refractivity contribution >= 4 is 115 Å². The molecule has 0 aliphatic carbocycles. The minimum atomic E-state index is -0.132. The van der Waals surface area contributed by atoms with E-state index in [1.807, 2.05) is 18.6 Å². The van der Waals surface area contributed by atoms with Crippen molar-refractivity contribution in [2.75, 3.05) is 19.6 Å². The molecule has 13 rings (SSSR count). The number of hydrogen-bond acceptors (Lipinski definition) is 7. The maximum Gasteiger partial charge on any atom is 0.256 e. The quantitative estimate of drug-likeness (QED) is 0.168. The molecule has 0 unspecified atom stereocenters. The lowest BCUT2D eigenvalue weighted by atomic mass is 9.30. The number of fused-ring (bicyclic) bond motifs is 8. The molecule has 0 spiro atoms. The van der Waals surface area contributed by atoms with E-state index in [9.17, 15) is 0 Å². The maximum absolute atomic E-state index is 5.19. The Labute approximate surface area is 348 Å². The number of benzene rings is 6. The van der Waals surface area contributed by atoms with E-state index in [1.165, 1.54) is 27.5 Å². The lowest BCUT2D eigenvalue weighted by Gasteiger charge is -2.46. The lowest BCUT2D eigenvalue weighted by molar-refractivity contribution is 1.12. The van der Waals surface area contributed by atoms with Crippen LogP contribution < -0.4 is 52.4 Å². The first-order chi connectivity index (χ1) is 29.8. The Morgan fingerprint density at radius 1 is 0.317 bits per heavy atom. The largest absolute Gasteiger partial charge is 0.311 e. The summed E-state index contributed by atoms with van der Waals surface area (Å²) in [5, 5.41) is 0. The van der Waals surface area contributed by atoms with Crippen LogP contribution >= 0.6 is 0 Å². The van der Waals surface area contributed by atoms with E-state index in [0.29, 0.717) is 0 Å². The van der Waals surface area contributed by atoms with Crippen molar-refractivity contribution in [2.45, 2.75) is 0 Å². The second-order valence-corrected chi connectivity index (χ2v) is 15.6. The number of pyridine rings is 3. The smallest absolute Gasteiger partial charge is 0.256 e. The van der Waals surface area contributed by atoms with E-state index in [1.54, 1.807) is 0 Å². The topological polar surface area (TPSA) is 51.6 Å². The van der Waals surface area contributed by atoms with E-state index in [0.717, 1.165) is 73.7 Å². The van der Waals surface area contributed by atoms with Gasteiger partial charge in [0.25, 0.3) is 13.4 Å². The van der Waals surface area contributed by atoms with Crippen LogP contribution in [0.3, 0.4) is 0 Å². The van der Waals surface area contributed by atoms with Crippen LogP contribution in [0.2, 0.25) is 0 Å². The van der Waals surface area contributed by atoms with Gasteiger partial charge in [0.2, 0.25) is 0 Å². The molecule has 0 amide bonds. The fourth-order valence-corrected chi connectivity index (χ4v) is 10.3. The van der Waals surface area contributed by atoms with Gasteiger partial charge in [-0.1, -0.05) is 91.0 Å². The molecule has 9 aromatic rings. The number of hydrogen-bond donors (Lipinski definition) is 0. The van der Waals surface area contributed by atoms with Crippen LogP contribution in [-0.4, -0.2) is 28.4 Å². The first-order valence-electron chi connectivity index (χ1n) is 20.4. The predicted octanol–water partition coefficient (Wildman–Crippen LogP) is 8.04. The van der Waals surface area contributed by atoms with Gasteiger partial charge < -0.3 is 14.7 Å². The Morgan fingerprint density at radius 3 is 1.42 bits per heavy atom. The molecule has 0 saturated heterocycles. The zero-order valence-electron chi connectivity index (χ0n) is 32.3. The van der Waals surface area contributed by atoms with Crippen LogP contribution in [0, 0.1) is 0 Å². The van der Waals surface area contributed by atoms with Crippen LogP contribution in [0.25, 0.3) is 0 Å². The summed E-state index contributed by atoms with van der Waals surface area (Å²) < 4.78 is 0. The molecule has 0 N–H and O–H groups in total. The van der Waals surface area contributed by atoms with Crippen molar-refractivity contribution in [3.8, 4) is 0 Å². The number of rotatable bonds is 4. The Balaban J connectivity index is 1.14. The summed E-state index contributed by atoms with van der Waals surface area (Å²) in [5.74, 6) is 1.79. The van der Waals surface area contributed by atoms with Crippen LogP contribution in [0.15, 0.2) is 201 Å². The van der Waals surface area contributed by atoms with Gasteiger partial charge in [0.05, 0.1) is 0 Å². The summed E-state index contributed by atoms with van der Waals surface area (Å²) in [6.45, 7) is -0.218. The summed E-state index contributed by atoms with van der Waals surface area (Å²) in [6.07, 6.45) is 7.86. The SMILES string of the molecule is c1ccc(N2c3ccncc3B3c4cc5c(cc4N(c4ccccc4)c4cccc2c43)N(c2ccccc2)c2ccnc3c2B5c2cccnc2N3c2ccccc2)cc1. The normalized spacial score (nSPS) is 13.8. The fourth-order valence-electron chi connectivity index (χ4n) is 10.3. The van der Waals surface area contributed by atoms with Gasteiger partial charge in [-0.05, 0) is 118 Å². The Hall–Kier alpha value is -7.90. The van der Waals surface area contributed by atoms with Crippen LogP contribution in [0.4, 0.5) is 68.5 Å². The average Bonchev–Trinajstić information content (AvgIpc) is 3.32. The van der Waals surface area contributed by atoms with Gasteiger partial charge in [0.15, 0.2) is 0 Å². The van der Waals surface area contributed by atoms with Gasteiger partial charge in [0.1, 0.15) is 11.6 Å². The van der Waals surface area contributed by atoms with E-state index >= 15 is 0 Å². The van der Waals surface area contributed by atoms with Crippen LogP contribution in [0.1, 0.15) is 0 Å². The van der Waals surface area contributed by atoms with Crippen molar-refractivity contribution in [1.29, 1.82) is 0 Å². The van der Waals surface area contributed by atoms with Crippen molar-refractivity contribution in [1.82, 2.24) is 15.0 Å². The van der Waals surface area contributed by atoms with Gasteiger partial charge in [-0.25, -0.2) is 9.97 Å². The third-order valence-corrected chi connectivity index (χ3v) is 12.6. The highest BCUT2D eigenvalue weighted by Crippen LogP contribution is 2.47. The molecule has 3 aromatic heterocycles. The van der Waals surface area contributed by atoms with E-state index in [-0.39, 0.29) is 13.4 Å². The predicted molar refractivity (Wildman–Crippen MR) is 248 cm³/mol. The molecule has 7 heterocycles. The van der Waals surface area contributed by atoms with Gasteiger partial charge >= 0.3 is 0 Å². The molecule has 0 fully saturated rings. The standard InChI is InChI=1S/C51H33B2N7/c1-5-15-34(16-6-1)57-42-26-29-54-33-41(42)53-40-31-39-46(32-47(40)58(35-17-7-2-8-18-35)44-25-13-24-43(57)48(44)53)59(36-19-9-3-10-20-36)45-27-30-56-51-49(45)52(39)38-23-14-28-55-50(38)60(51)37-21-11-4-12-22-37/h1-33H. The summed E-state index contributed by atoms with van der Waals surface area (Å²) >= 11 is 0. The highest BCUT2D eigenvalue weighted by Gasteiger charge is 2.48. The van der Waals surface area contributed by atoms with Crippen molar-refractivity contribution in [3.05, 3.63) is 201 Å².